The molecule has 2 amide bonds. The molecule has 0 heterocycles. The Kier molecular flexibility index (Phi) is 8.13. The molecular weight excluding hydrogens is 499 g/mol. The average Bonchev–Trinajstić information content (AvgIpc) is 2.65. The van der Waals surface area contributed by atoms with Gasteiger partial charge in [0, 0.05) is 23.1 Å². The van der Waals surface area contributed by atoms with Gasteiger partial charge in [-0.25, -0.2) is 0 Å². The van der Waals surface area contributed by atoms with E-state index in [1.165, 1.54) is 4.90 Å². The number of halogens is 3. The Hall–Kier alpha value is -1.57. The van der Waals surface area contributed by atoms with Crippen molar-refractivity contribution in [3.05, 3.63) is 62.0 Å². The summed E-state index contributed by atoms with van der Waals surface area (Å²) in [5, 5.41) is 3.14. The highest BCUT2D eigenvalue weighted by Crippen LogP contribution is 2.28. The fourth-order valence-corrected chi connectivity index (χ4v) is 3.45. The zero-order valence-electron chi connectivity index (χ0n) is 14.8. The van der Waals surface area contributed by atoms with Crippen molar-refractivity contribution in [3.8, 4) is 5.75 Å². The molecule has 0 aromatic heterocycles. The van der Waals surface area contributed by atoms with E-state index in [9.17, 15) is 9.59 Å². The van der Waals surface area contributed by atoms with E-state index in [1.54, 1.807) is 32.2 Å². The molecule has 5 nitrogen and oxygen atoms in total. The molecule has 0 saturated heterocycles. The van der Waals surface area contributed by atoms with Crippen molar-refractivity contribution in [2.75, 3.05) is 13.7 Å². The summed E-state index contributed by atoms with van der Waals surface area (Å²) in [5.74, 6) is -0.0343. The molecule has 0 aliphatic heterocycles. The summed E-state index contributed by atoms with van der Waals surface area (Å²) < 4.78 is 7.22. The molecule has 0 bridgehead atoms. The standard InChI is InChI=1S/C19H19Br2ClN2O3/c1-12(19(26)23-2)24(10-13-3-5-14(20)6-4-13)18(25)11-27-17-8-7-15(22)9-16(17)21/h3-9,12H,10-11H2,1-2H3,(H,23,26). The number of hydrogen-bond donors (Lipinski definition) is 1. The maximum atomic E-state index is 12.8. The number of ether oxygens (including phenoxy) is 1. The lowest BCUT2D eigenvalue weighted by atomic mass is 10.1. The van der Waals surface area contributed by atoms with Gasteiger partial charge in [0.15, 0.2) is 6.61 Å². The van der Waals surface area contributed by atoms with E-state index in [4.69, 9.17) is 16.3 Å². The SMILES string of the molecule is CNC(=O)C(C)N(Cc1ccc(Br)cc1)C(=O)COc1ccc(Cl)cc1Br. The van der Waals surface area contributed by atoms with Crippen molar-refractivity contribution in [1.29, 1.82) is 0 Å². The van der Waals surface area contributed by atoms with Gasteiger partial charge < -0.3 is 15.0 Å². The van der Waals surface area contributed by atoms with E-state index >= 15 is 0 Å². The van der Waals surface area contributed by atoms with Crippen LogP contribution in [0.1, 0.15) is 12.5 Å². The summed E-state index contributed by atoms with van der Waals surface area (Å²) >= 11 is 12.7. The van der Waals surface area contributed by atoms with Gasteiger partial charge in [0.1, 0.15) is 11.8 Å². The van der Waals surface area contributed by atoms with Crippen molar-refractivity contribution in [2.45, 2.75) is 19.5 Å². The average molecular weight is 519 g/mol. The van der Waals surface area contributed by atoms with Crippen LogP contribution in [0.5, 0.6) is 5.75 Å². The van der Waals surface area contributed by atoms with Crippen molar-refractivity contribution in [3.63, 3.8) is 0 Å². The van der Waals surface area contributed by atoms with Crippen molar-refractivity contribution < 1.29 is 14.3 Å². The lowest BCUT2D eigenvalue weighted by molar-refractivity contribution is -0.142. The van der Waals surface area contributed by atoms with Crippen LogP contribution >= 0.6 is 43.5 Å². The van der Waals surface area contributed by atoms with Gasteiger partial charge in [-0.15, -0.1) is 0 Å². The second-order valence-corrected chi connectivity index (χ2v) is 8.01. The first kappa shape index (κ1) is 21.7. The highest BCUT2D eigenvalue weighted by atomic mass is 79.9. The normalized spacial score (nSPS) is 11.6. The predicted octanol–water partition coefficient (Wildman–Crippen LogP) is 4.41. The molecule has 1 atom stereocenters. The van der Waals surface area contributed by atoms with E-state index in [0.717, 1.165) is 10.0 Å². The zero-order chi connectivity index (χ0) is 20.0. The van der Waals surface area contributed by atoms with Crippen LogP contribution < -0.4 is 10.1 Å². The van der Waals surface area contributed by atoms with Gasteiger partial charge in [0.2, 0.25) is 5.91 Å². The second kappa shape index (κ2) is 10.1. The van der Waals surface area contributed by atoms with Gasteiger partial charge in [-0.3, -0.25) is 9.59 Å². The third-order valence-corrected chi connectivity index (χ3v) is 5.31. The van der Waals surface area contributed by atoms with Crippen LogP contribution in [0.3, 0.4) is 0 Å². The van der Waals surface area contributed by atoms with Gasteiger partial charge in [0.25, 0.3) is 5.91 Å². The van der Waals surface area contributed by atoms with Gasteiger partial charge >= 0.3 is 0 Å². The molecule has 144 valence electrons. The number of benzene rings is 2. The fourth-order valence-electron chi connectivity index (χ4n) is 2.39. The minimum absolute atomic E-state index is 0.196. The Labute approximate surface area is 180 Å². The molecule has 2 aromatic rings. The van der Waals surface area contributed by atoms with Crippen LogP contribution in [0, 0.1) is 0 Å². The van der Waals surface area contributed by atoms with E-state index in [2.05, 4.69) is 37.2 Å². The first-order valence-electron chi connectivity index (χ1n) is 8.15. The highest BCUT2D eigenvalue weighted by Gasteiger charge is 2.26. The number of carbonyl (C=O) groups excluding carboxylic acids is 2. The van der Waals surface area contributed by atoms with Gasteiger partial charge in [0.05, 0.1) is 4.47 Å². The molecule has 1 N–H and O–H groups in total. The Morgan fingerprint density at radius 1 is 1.19 bits per heavy atom. The van der Waals surface area contributed by atoms with Crippen molar-refractivity contribution >= 4 is 55.3 Å². The number of rotatable bonds is 7. The molecule has 0 radical (unpaired) electrons. The molecule has 0 aliphatic carbocycles. The molecule has 0 saturated carbocycles. The summed E-state index contributed by atoms with van der Waals surface area (Å²) in [7, 11) is 1.54. The van der Waals surface area contributed by atoms with Crippen LogP contribution in [0.25, 0.3) is 0 Å². The Bertz CT molecular complexity index is 815. The minimum Gasteiger partial charge on any atom is -0.483 e. The second-order valence-electron chi connectivity index (χ2n) is 5.80. The number of carbonyl (C=O) groups is 2. The van der Waals surface area contributed by atoms with Gasteiger partial charge in [-0.05, 0) is 58.7 Å². The van der Waals surface area contributed by atoms with E-state index in [-0.39, 0.29) is 18.4 Å². The summed E-state index contributed by atoms with van der Waals surface area (Å²) in [6, 6.07) is 12.0. The number of nitrogens with one attached hydrogen (secondary N) is 1. The number of hydrogen-bond acceptors (Lipinski definition) is 3. The molecule has 2 aromatic carbocycles. The van der Waals surface area contributed by atoms with Crippen LogP contribution in [-0.2, 0) is 16.1 Å². The summed E-state index contributed by atoms with van der Waals surface area (Å²) in [4.78, 5) is 26.4. The van der Waals surface area contributed by atoms with Gasteiger partial charge in [-0.1, -0.05) is 39.7 Å². The molecule has 0 fully saturated rings. The molecule has 27 heavy (non-hydrogen) atoms. The van der Waals surface area contributed by atoms with Crippen LogP contribution in [0.15, 0.2) is 51.4 Å². The summed E-state index contributed by atoms with van der Waals surface area (Å²) in [5.41, 5.74) is 0.912. The summed E-state index contributed by atoms with van der Waals surface area (Å²) in [6.45, 7) is 1.79. The maximum Gasteiger partial charge on any atom is 0.261 e. The lowest BCUT2D eigenvalue weighted by Crippen LogP contribution is -2.48. The van der Waals surface area contributed by atoms with E-state index in [0.29, 0.717) is 21.8 Å². The smallest absolute Gasteiger partial charge is 0.261 e. The molecule has 1 unspecified atom stereocenters. The van der Waals surface area contributed by atoms with Crippen LogP contribution in [0.2, 0.25) is 5.02 Å². The third-order valence-electron chi connectivity index (χ3n) is 3.92. The van der Waals surface area contributed by atoms with E-state index < -0.39 is 6.04 Å². The molecular formula is C19H19Br2ClN2O3. The molecule has 8 heteroatoms. The minimum atomic E-state index is -0.636. The van der Waals surface area contributed by atoms with Crippen LogP contribution in [0.4, 0.5) is 0 Å². The van der Waals surface area contributed by atoms with Crippen molar-refractivity contribution in [2.24, 2.45) is 0 Å². The zero-order valence-corrected chi connectivity index (χ0v) is 18.8. The number of likely N-dealkylation sites (N-methyl/N-ethyl adjacent to an activating group) is 1. The predicted molar refractivity (Wildman–Crippen MR) is 113 cm³/mol. The van der Waals surface area contributed by atoms with Gasteiger partial charge in [-0.2, -0.15) is 0 Å². The highest BCUT2D eigenvalue weighted by molar-refractivity contribution is 9.10. The first-order chi connectivity index (χ1) is 12.8. The fraction of sp³-hybridized carbons (Fsp3) is 0.263. The molecule has 0 spiro atoms. The Balaban J connectivity index is 2.14. The largest absolute Gasteiger partial charge is 0.483 e. The molecule has 0 aliphatic rings. The number of amides is 2. The maximum absolute atomic E-state index is 12.8. The van der Waals surface area contributed by atoms with E-state index in [1.807, 2.05) is 24.3 Å². The quantitative estimate of drug-likeness (QED) is 0.591. The third kappa shape index (κ3) is 6.23. The Morgan fingerprint density at radius 3 is 2.44 bits per heavy atom. The first-order valence-corrected chi connectivity index (χ1v) is 10.1. The number of nitrogens with zero attached hydrogens (tertiary/aromatic N) is 1. The molecule has 2 rings (SSSR count). The van der Waals surface area contributed by atoms with Crippen molar-refractivity contribution in [1.82, 2.24) is 10.2 Å². The monoisotopic (exact) mass is 516 g/mol. The Morgan fingerprint density at radius 2 is 1.85 bits per heavy atom. The summed E-state index contributed by atoms with van der Waals surface area (Å²) in [6.07, 6.45) is 0. The topological polar surface area (TPSA) is 58.6 Å². The van der Waals surface area contributed by atoms with Crippen LogP contribution in [-0.4, -0.2) is 36.4 Å². The lowest BCUT2D eigenvalue weighted by Gasteiger charge is -2.28.